The molecule has 1 atom stereocenters. The SMILES string of the molecule is CC(=O)SC[C@@H](Cc1ccccc1)C(=O)CCC(=O)OCc1ccccc1. The number of rotatable bonds is 10. The van der Waals surface area contributed by atoms with Gasteiger partial charge in [0.1, 0.15) is 12.4 Å². The summed E-state index contributed by atoms with van der Waals surface area (Å²) in [7, 11) is 0. The van der Waals surface area contributed by atoms with Gasteiger partial charge in [0.25, 0.3) is 0 Å². The molecule has 0 heterocycles. The fraction of sp³-hybridized carbons (Fsp3) is 0.318. The summed E-state index contributed by atoms with van der Waals surface area (Å²) in [5.41, 5.74) is 1.96. The highest BCUT2D eigenvalue weighted by atomic mass is 32.2. The van der Waals surface area contributed by atoms with E-state index in [9.17, 15) is 14.4 Å². The standard InChI is InChI=1S/C22H24O4S/c1-17(23)27-16-20(14-18-8-4-2-5-9-18)21(24)12-13-22(25)26-15-19-10-6-3-7-11-19/h2-11,20H,12-16H2,1H3/t20-/m1/s1. The molecule has 2 aromatic rings. The van der Waals surface area contributed by atoms with Crippen LogP contribution in [0, 0.1) is 5.92 Å². The summed E-state index contributed by atoms with van der Waals surface area (Å²) < 4.78 is 5.22. The maximum Gasteiger partial charge on any atom is 0.306 e. The molecule has 0 aliphatic heterocycles. The summed E-state index contributed by atoms with van der Waals surface area (Å²) in [6.07, 6.45) is 0.754. The maximum absolute atomic E-state index is 12.6. The fourth-order valence-corrected chi connectivity index (χ4v) is 3.36. The Morgan fingerprint density at radius 3 is 2.07 bits per heavy atom. The molecule has 5 heteroatoms. The molecule has 0 unspecified atom stereocenters. The van der Waals surface area contributed by atoms with Gasteiger partial charge in [0.15, 0.2) is 5.12 Å². The van der Waals surface area contributed by atoms with Crippen LogP contribution in [-0.4, -0.2) is 22.6 Å². The minimum atomic E-state index is -0.384. The van der Waals surface area contributed by atoms with Crippen molar-refractivity contribution in [2.45, 2.75) is 32.8 Å². The molecule has 4 nitrogen and oxygen atoms in total. The zero-order valence-electron chi connectivity index (χ0n) is 15.4. The Labute approximate surface area is 164 Å². The summed E-state index contributed by atoms with van der Waals surface area (Å²) in [5.74, 6) is -0.250. The Morgan fingerprint density at radius 2 is 1.48 bits per heavy atom. The van der Waals surface area contributed by atoms with Gasteiger partial charge in [-0.25, -0.2) is 0 Å². The first-order valence-electron chi connectivity index (χ1n) is 8.94. The number of benzene rings is 2. The summed E-state index contributed by atoms with van der Waals surface area (Å²) in [6, 6.07) is 19.1. The van der Waals surface area contributed by atoms with Crippen molar-refractivity contribution in [3.8, 4) is 0 Å². The summed E-state index contributed by atoms with van der Waals surface area (Å²) in [5, 5.41) is -0.0110. The lowest BCUT2D eigenvalue weighted by Gasteiger charge is -2.15. The lowest BCUT2D eigenvalue weighted by Crippen LogP contribution is -2.21. The number of carbonyl (C=O) groups excluding carboxylic acids is 3. The molecular weight excluding hydrogens is 360 g/mol. The number of ether oxygens (including phenoxy) is 1. The minimum absolute atomic E-state index is 0.00994. The Bertz CT molecular complexity index is 743. The van der Waals surface area contributed by atoms with Gasteiger partial charge in [-0.05, 0) is 17.5 Å². The molecule has 0 aliphatic rings. The first-order chi connectivity index (χ1) is 13.0. The highest BCUT2D eigenvalue weighted by Gasteiger charge is 2.21. The summed E-state index contributed by atoms with van der Waals surface area (Å²) in [4.78, 5) is 35.8. The highest BCUT2D eigenvalue weighted by Crippen LogP contribution is 2.18. The minimum Gasteiger partial charge on any atom is -0.461 e. The molecule has 142 valence electrons. The number of Topliss-reactive ketones (excluding diaryl/α,β-unsaturated/α-hetero) is 1. The second-order valence-electron chi connectivity index (χ2n) is 6.30. The zero-order valence-corrected chi connectivity index (χ0v) is 16.2. The van der Waals surface area contributed by atoms with Gasteiger partial charge in [0.2, 0.25) is 0 Å². The predicted molar refractivity (Wildman–Crippen MR) is 107 cm³/mol. The van der Waals surface area contributed by atoms with E-state index in [0.29, 0.717) is 12.2 Å². The van der Waals surface area contributed by atoms with E-state index in [1.165, 1.54) is 6.92 Å². The number of esters is 1. The van der Waals surface area contributed by atoms with Gasteiger partial charge in [-0.3, -0.25) is 14.4 Å². The number of thioether (sulfide) groups is 1. The molecule has 0 radical (unpaired) electrons. The smallest absolute Gasteiger partial charge is 0.306 e. The molecule has 0 saturated carbocycles. The quantitative estimate of drug-likeness (QED) is 0.574. The van der Waals surface area contributed by atoms with Crippen LogP contribution in [0.15, 0.2) is 60.7 Å². The fourth-order valence-electron chi connectivity index (χ4n) is 2.62. The molecule has 27 heavy (non-hydrogen) atoms. The number of hydrogen-bond donors (Lipinski definition) is 0. The van der Waals surface area contributed by atoms with Gasteiger partial charge in [-0.1, -0.05) is 72.4 Å². The molecule has 0 spiro atoms. The van der Waals surface area contributed by atoms with Crippen LogP contribution in [0.1, 0.15) is 30.9 Å². The number of ketones is 1. The largest absolute Gasteiger partial charge is 0.461 e. The Morgan fingerprint density at radius 1 is 0.889 bits per heavy atom. The van der Waals surface area contributed by atoms with Gasteiger partial charge in [0.05, 0.1) is 6.42 Å². The molecule has 2 rings (SSSR count). The molecular formula is C22H24O4S. The van der Waals surface area contributed by atoms with Crippen LogP contribution < -0.4 is 0 Å². The molecule has 0 N–H and O–H groups in total. The van der Waals surface area contributed by atoms with Crippen molar-refractivity contribution in [2.24, 2.45) is 5.92 Å². The lowest BCUT2D eigenvalue weighted by atomic mass is 9.94. The van der Waals surface area contributed by atoms with Crippen molar-refractivity contribution >= 4 is 28.6 Å². The first-order valence-corrected chi connectivity index (χ1v) is 9.92. The second kappa shape index (κ2) is 11.3. The molecule has 0 aliphatic carbocycles. The molecule has 0 bridgehead atoms. The number of hydrogen-bond acceptors (Lipinski definition) is 5. The monoisotopic (exact) mass is 384 g/mol. The zero-order chi connectivity index (χ0) is 19.5. The average Bonchev–Trinajstić information content (AvgIpc) is 2.69. The number of carbonyl (C=O) groups is 3. The lowest BCUT2D eigenvalue weighted by molar-refractivity contribution is -0.146. The van der Waals surface area contributed by atoms with Crippen molar-refractivity contribution in [3.05, 3.63) is 71.8 Å². The first kappa shape index (κ1) is 20.9. The predicted octanol–water partition coefficient (Wildman–Crippen LogP) is 4.22. The van der Waals surface area contributed by atoms with Gasteiger partial charge in [0, 0.05) is 25.0 Å². The van der Waals surface area contributed by atoms with E-state index in [0.717, 1.165) is 22.9 Å². The third-order valence-corrected chi connectivity index (χ3v) is 5.06. The van der Waals surface area contributed by atoms with E-state index in [1.807, 2.05) is 60.7 Å². The van der Waals surface area contributed by atoms with Crippen LogP contribution in [0.5, 0.6) is 0 Å². The van der Waals surface area contributed by atoms with Crippen molar-refractivity contribution in [2.75, 3.05) is 5.75 Å². The van der Waals surface area contributed by atoms with E-state index < -0.39 is 0 Å². The van der Waals surface area contributed by atoms with Gasteiger partial charge < -0.3 is 4.74 Å². The van der Waals surface area contributed by atoms with Crippen LogP contribution in [-0.2, 0) is 32.1 Å². The molecule has 0 saturated heterocycles. The van der Waals surface area contributed by atoms with Crippen molar-refractivity contribution in [1.82, 2.24) is 0 Å². The third-order valence-electron chi connectivity index (χ3n) is 4.09. The van der Waals surface area contributed by atoms with E-state index in [-0.39, 0.29) is 42.2 Å². The van der Waals surface area contributed by atoms with E-state index in [4.69, 9.17) is 4.74 Å². The Kier molecular flexibility index (Phi) is 8.78. The van der Waals surface area contributed by atoms with Gasteiger partial charge in [-0.15, -0.1) is 0 Å². The van der Waals surface area contributed by atoms with Crippen LogP contribution in [0.2, 0.25) is 0 Å². The van der Waals surface area contributed by atoms with Crippen molar-refractivity contribution < 1.29 is 19.1 Å². The van der Waals surface area contributed by atoms with Crippen molar-refractivity contribution in [3.63, 3.8) is 0 Å². The highest BCUT2D eigenvalue weighted by molar-refractivity contribution is 8.13. The normalized spacial score (nSPS) is 11.6. The second-order valence-corrected chi connectivity index (χ2v) is 7.50. The average molecular weight is 384 g/mol. The maximum atomic E-state index is 12.6. The molecule has 0 amide bonds. The van der Waals surface area contributed by atoms with Crippen LogP contribution in [0.4, 0.5) is 0 Å². The van der Waals surface area contributed by atoms with Crippen LogP contribution in [0.3, 0.4) is 0 Å². The molecule has 0 aromatic heterocycles. The van der Waals surface area contributed by atoms with E-state index in [2.05, 4.69) is 0 Å². The summed E-state index contributed by atoms with van der Waals surface area (Å²) in [6.45, 7) is 1.71. The topological polar surface area (TPSA) is 60.4 Å². The van der Waals surface area contributed by atoms with Gasteiger partial charge >= 0.3 is 5.97 Å². The van der Waals surface area contributed by atoms with Crippen LogP contribution >= 0.6 is 11.8 Å². The summed E-state index contributed by atoms with van der Waals surface area (Å²) >= 11 is 1.15. The van der Waals surface area contributed by atoms with E-state index >= 15 is 0 Å². The van der Waals surface area contributed by atoms with E-state index in [1.54, 1.807) is 0 Å². The Hall–Kier alpha value is -2.40. The molecule has 2 aromatic carbocycles. The van der Waals surface area contributed by atoms with Crippen molar-refractivity contribution in [1.29, 1.82) is 0 Å². The molecule has 0 fully saturated rings. The third kappa shape index (κ3) is 8.22. The van der Waals surface area contributed by atoms with Crippen LogP contribution in [0.25, 0.3) is 0 Å². The Balaban J connectivity index is 1.84. The van der Waals surface area contributed by atoms with Gasteiger partial charge in [-0.2, -0.15) is 0 Å².